The lowest BCUT2D eigenvalue weighted by Gasteiger charge is -2.25. The Hall–Kier alpha value is -1.46. The van der Waals surface area contributed by atoms with Crippen LogP contribution in [0, 0.1) is 0 Å². The van der Waals surface area contributed by atoms with Gasteiger partial charge in [0.1, 0.15) is 5.82 Å². The molecule has 0 amide bonds. The monoisotopic (exact) mass is 371 g/mol. The lowest BCUT2D eigenvalue weighted by molar-refractivity contribution is 0.121. The molecule has 2 N–H and O–H groups in total. The van der Waals surface area contributed by atoms with Crippen molar-refractivity contribution >= 4 is 23.3 Å². The molecule has 140 valence electrons. The first-order valence-corrected chi connectivity index (χ1v) is 10.8. The summed E-state index contributed by atoms with van der Waals surface area (Å²) in [4.78, 5) is 0. The lowest BCUT2D eigenvalue weighted by atomic mass is 9.85. The molecule has 1 fully saturated rings. The van der Waals surface area contributed by atoms with Gasteiger partial charge in [-0.15, -0.1) is 0 Å². The molecule has 1 saturated carbocycles. The topological polar surface area (TPSA) is 50.1 Å². The molecular weight excluding hydrogens is 342 g/mol. The zero-order valence-electron chi connectivity index (χ0n) is 16.0. The lowest BCUT2D eigenvalue weighted by Crippen LogP contribution is -2.25. The van der Waals surface area contributed by atoms with Gasteiger partial charge in [0.05, 0.1) is 17.3 Å². The van der Waals surface area contributed by atoms with Gasteiger partial charge in [0.15, 0.2) is 0 Å². The SMILES string of the molecule is CC(C)(C)n1nc(C2CCC(O)CC2)cc1Nc1ccc2c(c1)CSC2. The van der Waals surface area contributed by atoms with Crippen molar-refractivity contribution in [1.29, 1.82) is 0 Å². The molecule has 0 saturated heterocycles. The third-order valence-electron chi connectivity index (χ3n) is 5.47. The van der Waals surface area contributed by atoms with Gasteiger partial charge >= 0.3 is 0 Å². The van der Waals surface area contributed by atoms with Crippen LogP contribution in [0.4, 0.5) is 11.5 Å². The second-order valence-corrected chi connectivity index (χ2v) is 9.63. The molecule has 0 atom stereocenters. The molecule has 5 heteroatoms. The number of fused-ring (bicyclic) bond motifs is 1. The summed E-state index contributed by atoms with van der Waals surface area (Å²) in [6, 6.07) is 8.93. The maximum Gasteiger partial charge on any atom is 0.129 e. The number of hydrogen-bond acceptors (Lipinski definition) is 4. The van der Waals surface area contributed by atoms with E-state index >= 15 is 0 Å². The Balaban J connectivity index is 1.62. The standard InChI is InChI=1S/C21H29N3OS/c1-21(2,3)24-20(11-19(23-24)14-5-8-18(25)9-6-14)22-17-7-4-15-12-26-13-16(15)10-17/h4,7,10-11,14,18,22,25H,5-6,8-9,12-13H2,1-3H3. The zero-order valence-corrected chi connectivity index (χ0v) is 16.8. The summed E-state index contributed by atoms with van der Waals surface area (Å²) in [6.45, 7) is 6.58. The number of rotatable bonds is 3. The Labute approximate surface area is 160 Å². The Morgan fingerprint density at radius 2 is 1.81 bits per heavy atom. The number of nitrogens with one attached hydrogen (secondary N) is 1. The van der Waals surface area contributed by atoms with Crippen LogP contribution in [0.15, 0.2) is 24.3 Å². The van der Waals surface area contributed by atoms with Gasteiger partial charge in [-0.2, -0.15) is 16.9 Å². The first-order valence-electron chi connectivity index (χ1n) is 9.65. The minimum Gasteiger partial charge on any atom is -0.393 e. The fourth-order valence-corrected chi connectivity index (χ4v) is 5.06. The Morgan fingerprint density at radius 1 is 1.08 bits per heavy atom. The van der Waals surface area contributed by atoms with Crippen molar-refractivity contribution in [1.82, 2.24) is 9.78 Å². The first kappa shape index (κ1) is 17.9. The Bertz CT molecular complexity index is 785. The number of hydrogen-bond donors (Lipinski definition) is 2. The van der Waals surface area contributed by atoms with Crippen LogP contribution in [0.3, 0.4) is 0 Å². The van der Waals surface area contributed by atoms with Crippen molar-refractivity contribution in [3.63, 3.8) is 0 Å². The van der Waals surface area contributed by atoms with Gasteiger partial charge in [-0.1, -0.05) is 6.07 Å². The quantitative estimate of drug-likeness (QED) is 0.784. The second kappa shape index (κ2) is 6.93. The molecule has 1 aliphatic heterocycles. The largest absolute Gasteiger partial charge is 0.393 e. The fourth-order valence-electron chi connectivity index (χ4n) is 3.97. The average molecular weight is 372 g/mol. The maximum atomic E-state index is 9.79. The molecule has 0 bridgehead atoms. The van der Waals surface area contributed by atoms with Crippen LogP contribution >= 0.6 is 11.8 Å². The molecule has 0 spiro atoms. The Kier molecular flexibility index (Phi) is 4.78. The molecule has 1 aromatic carbocycles. The van der Waals surface area contributed by atoms with Crippen molar-refractivity contribution in [3.8, 4) is 0 Å². The highest BCUT2D eigenvalue weighted by molar-refractivity contribution is 7.98. The van der Waals surface area contributed by atoms with Gasteiger partial charge in [-0.3, -0.25) is 0 Å². The third-order valence-corrected chi connectivity index (χ3v) is 6.50. The third kappa shape index (κ3) is 3.65. The normalized spacial score (nSPS) is 23.1. The van der Waals surface area contributed by atoms with Crippen LogP contribution in [-0.2, 0) is 17.0 Å². The van der Waals surface area contributed by atoms with Crippen LogP contribution in [0.1, 0.15) is 69.2 Å². The first-order chi connectivity index (χ1) is 12.4. The predicted octanol–water partition coefficient (Wildman–Crippen LogP) is 5.15. The van der Waals surface area contributed by atoms with E-state index in [0.717, 1.165) is 54.4 Å². The number of thioether (sulfide) groups is 1. The van der Waals surface area contributed by atoms with Crippen LogP contribution in [0.25, 0.3) is 0 Å². The molecule has 1 aromatic heterocycles. The molecule has 4 nitrogen and oxygen atoms in total. The molecule has 2 aromatic rings. The number of aliphatic hydroxyl groups is 1. The number of aromatic nitrogens is 2. The minimum atomic E-state index is -0.127. The van der Waals surface area contributed by atoms with Crippen molar-refractivity contribution in [3.05, 3.63) is 41.1 Å². The van der Waals surface area contributed by atoms with Gasteiger partial charge in [-0.25, -0.2) is 4.68 Å². The molecule has 1 aliphatic carbocycles. The number of anilines is 2. The molecule has 26 heavy (non-hydrogen) atoms. The highest BCUT2D eigenvalue weighted by Crippen LogP contribution is 2.36. The summed E-state index contributed by atoms with van der Waals surface area (Å²) < 4.78 is 2.12. The molecule has 4 rings (SSSR count). The Morgan fingerprint density at radius 3 is 2.54 bits per heavy atom. The van der Waals surface area contributed by atoms with E-state index in [2.05, 4.69) is 55.0 Å². The van der Waals surface area contributed by atoms with E-state index in [1.165, 1.54) is 11.1 Å². The van der Waals surface area contributed by atoms with E-state index in [9.17, 15) is 5.11 Å². The maximum absolute atomic E-state index is 9.79. The van der Waals surface area contributed by atoms with E-state index in [1.807, 2.05) is 11.8 Å². The van der Waals surface area contributed by atoms with Gasteiger partial charge in [0, 0.05) is 29.2 Å². The molecule has 2 heterocycles. The van der Waals surface area contributed by atoms with E-state index < -0.39 is 0 Å². The summed E-state index contributed by atoms with van der Waals surface area (Å²) in [6.07, 6.45) is 3.70. The molecule has 2 aliphatic rings. The van der Waals surface area contributed by atoms with Crippen LogP contribution in [0.5, 0.6) is 0 Å². The van der Waals surface area contributed by atoms with Gasteiger partial charge < -0.3 is 10.4 Å². The summed E-state index contributed by atoms with van der Waals surface area (Å²) in [5.41, 5.74) is 5.13. The molecular formula is C21H29N3OS. The highest BCUT2D eigenvalue weighted by atomic mass is 32.2. The predicted molar refractivity (Wildman–Crippen MR) is 109 cm³/mol. The molecule has 0 unspecified atom stereocenters. The molecule has 0 radical (unpaired) electrons. The van der Waals surface area contributed by atoms with Gasteiger partial charge in [0.25, 0.3) is 0 Å². The zero-order chi connectivity index (χ0) is 18.3. The van der Waals surface area contributed by atoms with Gasteiger partial charge in [-0.05, 0) is 69.7 Å². The van der Waals surface area contributed by atoms with Crippen molar-refractivity contribution in [2.75, 3.05) is 5.32 Å². The van der Waals surface area contributed by atoms with Crippen LogP contribution < -0.4 is 5.32 Å². The second-order valence-electron chi connectivity index (χ2n) is 8.64. The minimum absolute atomic E-state index is 0.0820. The fraction of sp³-hybridized carbons (Fsp3) is 0.571. The smallest absolute Gasteiger partial charge is 0.129 e. The number of benzene rings is 1. The number of aliphatic hydroxyl groups excluding tert-OH is 1. The average Bonchev–Trinajstić information content (AvgIpc) is 3.21. The van der Waals surface area contributed by atoms with Crippen LogP contribution in [-0.4, -0.2) is 21.0 Å². The highest BCUT2D eigenvalue weighted by Gasteiger charge is 2.27. The number of nitrogens with zero attached hydrogens (tertiary/aromatic N) is 2. The van der Waals surface area contributed by atoms with Gasteiger partial charge in [0.2, 0.25) is 0 Å². The van der Waals surface area contributed by atoms with Crippen molar-refractivity contribution in [2.24, 2.45) is 0 Å². The van der Waals surface area contributed by atoms with Crippen molar-refractivity contribution in [2.45, 2.75) is 75.5 Å². The van der Waals surface area contributed by atoms with E-state index in [4.69, 9.17) is 5.10 Å². The van der Waals surface area contributed by atoms with E-state index in [0.29, 0.717) is 5.92 Å². The summed E-state index contributed by atoms with van der Waals surface area (Å²) in [5.74, 6) is 3.76. The van der Waals surface area contributed by atoms with E-state index in [1.54, 1.807) is 0 Å². The van der Waals surface area contributed by atoms with Crippen LogP contribution in [0.2, 0.25) is 0 Å². The summed E-state index contributed by atoms with van der Waals surface area (Å²) >= 11 is 1.98. The summed E-state index contributed by atoms with van der Waals surface area (Å²) in [7, 11) is 0. The summed E-state index contributed by atoms with van der Waals surface area (Å²) in [5, 5.41) is 18.4. The van der Waals surface area contributed by atoms with E-state index in [-0.39, 0.29) is 11.6 Å². The van der Waals surface area contributed by atoms with Crippen molar-refractivity contribution < 1.29 is 5.11 Å².